The van der Waals surface area contributed by atoms with Gasteiger partial charge in [0, 0.05) is 20.1 Å². The van der Waals surface area contributed by atoms with Crippen molar-refractivity contribution in [3.63, 3.8) is 0 Å². The highest BCUT2D eigenvalue weighted by Crippen LogP contribution is 2.06. The summed E-state index contributed by atoms with van der Waals surface area (Å²) in [5.74, 6) is 0.711. The molecule has 21 heavy (non-hydrogen) atoms. The molecule has 0 spiro atoms. The molecule has 5 nitrogen and oxygen atoms in total. The van der Waals surface area contributed by atoms with E-state index in [9.17, 15) is 4.79 Å². The molecule has 3 N–H and O–H groups in total. The Labute approximate surface area is 130 Å². The second kappa shape index (κ2) is 15.1. The Kier molecular flexibility index (Phi) is 14.2. The number of hydrogen-bond acceptors (Lipinski definition) is 2. The maximum atomic E-state index is 11.5. The van der Waals surface area contributed by atoms with Gasteiger partial charge in [-0.3, -0.25) is 9.79 Å². The number of carbonyl (C=O) groups excluding carboxylic acids is 1. The second-order valence-corrected chi connectivity index (χ2v) is 5.32. The first-order valence-electron chi connectivity index (χ1n) is 8.45. The predicted molar refractivity (Wildman–Crippen MR) is 90.7 cm³/mol. The van der Waals surface area contributed by atoms with Crippen molar-refractivity contribution in [2.75, 3.05) is 26.7 Å². The molecule has 0 bridgehead atoms. The molecule has 0 rings (SSSR count). The highest BCUT2D eigenvalue weighted by molar-refractivity contribution is 5.86. The molecule has 0 atom stereocenters. The molecule has 0 saturated carbocycles. The minimum absolute atomic E-state index is 0.00993. The lowest BCUT2D eigenvalue weighted by atomic mass is 10.1. The van der Waals surface area contributed by atoms with E-state index >= 15 is 0 Å². The number of nitrogens with one attached hydrogen (secondary N) is 3. The van der Waals surface area contributed by atoms with Gasteiger partial charge in [0.05, 0.1) is 6.54 Å². The van der Waals surface area contributed by atoms with Crippen molar-refractivity contribution in [1.82, 2.24) is 16.0 Å². The summed E-state index contributed by atoms with van der Waals surface area (Å²) < 4.78 is 0. The van der Waals surface area contributed by atoms with Gasteiger partial charge < -0.3 is 16.0 Å². The summed E-state index contributed by atoms with van der Waals surface area (Å²) >= 11 is 0. The van der Waals surface area contributed by atoms with E-state index in [2.05, 4.69) is 27.9 Å². The Hall–Kier alpha value is -1.26. The van der Waals surface area contributed by atoms with Crippen LogP contribution in [0, 0.1) is 0 Å². The molecule has 5 heteroatoms. The number of nitrogens with zero attached hydrogens (tertiary/aromatic N) is 1. The number of rotatable bonds is 12. The second-order valence-electron chi connectivity index (χ2n) is 5.32. The van der Waals surface area contributed by atoms with E-state index in [0.717, 1.165) is 25.9 Å². The number of unbranched alkanes of at least 4 members (excludes halogenated alkanes) is 6. The number of guanidine groups is 1. The SMILES string of the molecule is CCCCCCCCCNC(=NC)NCC(=O)NCCC. The van der Waals surface area contributed by atoms with Gasteiger partial charge in [-0.05, 0) is 12.8 Å². The van der Waals surface area contributed by atoms with E-state index in [1.165, 1.54) is 38.5 Å². The van der Waals surface area contributed by atoms with Crippen LogP contribution in [0.4, 0.5) is 0 Å². The molecular weight excluding hydrogens is 264 g/mol. The van der Waals surface area contributed by atoms with Crippen LogP contribution < -0.4 is 16.0 Å². The molecule has 0 aliphatic carbocycles. The fourth-order valence-corrected chi connectivity index (χ4v) is 2.00. The first-order valence-corrected chi connectivity index (χ1v) is 8.45. The summed E-state index contributed by atoms with van der Waals surface area (Å²) in [6.45, 7) is 6.19. The molecule has 0 aromatic carbocycles. The van der Waals surface area contributed by atoms with E-state index in [1.807, 2.05) is 6.92 Å². The van der Waals surface area contributed by atoms with E-state index in [-0.39, 0.29) is 12.5 Å². The van der Waals surface area contributed by atoms with Gasteiger partial charge in [0.1, 0.15) is 0 Å². The number of amides is 1. The zero-order chi connectivity index (χ0) is 15.8. The molecule has 0 aliphatic rings. The summed E-state index contributed by atoms with van der Waals surface area (Å²) in [6, 6.07) is 0. The van der Waals surface area contributed by atoms with Gasteiger partial charge >= 0.3 is 0 Å². The van der Waals surface area contributed by atoms with Crippen molar-refractivity contribution in [1.29, 1.82) is 0 Å². The van der Waals surface area contributed by atoms with Crippen LogP contribution in [0.2, 0.25) is 0 Å². The first-order chi connectivity index (χ1) is 10.2. The highest BCUT2D eigenvalue weighted by Gasteiger charge is 2.02. The smallest absolute Gasteiger partial charge is 0.239 e. The lowest BCUT2D eigenvalue weighted by Crippen LogP contribution is -2.43. The zero-order valence-electron chi connectivity index (χ0n) is 14.1. The van der Waals surface area contributed by atoms with Gasteiger partial charge in [-0.2, -0.15) is 0 Å². The molecule has 0 aliphatic heterocycles. The van der Waals surface area contributed by atoms with Crippen LogP contribution in [0.25, 0.3) is 0 Å². The van der Waals surface area contributed by atoms with Crippen LogP contribution in [0.15, 0.2) is 4.99 Å². The van der Waals surface area contributed by atoms with Crippen molar-refractivity contribution < 1.29 is 4.79 Å². The quantitative estimate of drug-likeness (QED) is 0.294. The van der Waals surface area contributed by atoms with E-state index in [1.54, 1.807) is 7.05 Å². The molecule has 124 valence electrons. The first kappa shape index (κ1) is 19.7. The predicted octanol–water partition coefficient (Wildman–Crippen LogP) is 2.43. The van der Waals surface area contributed by atoms with E-state index in [4.69, 9.17) is 0 Å². The molecule has 0 saturated heterocycles. The summed E-state index contributed by atoms with van der Waals surface area (Å²) in [4.78, 5) is 15.6. The third-order valence-electron chi connectivity index (χ3n) is 3.28. The highest BCUT2D eigenvalue weighted by atomic mass is 16.1. The molecule has 0 heterocycles. The third-order valence-corrected chi connectivity index (χ3v) is 3.28. The Bertz CT molecular complexity index is 279. The maximum absolute atomic E-state index is 11.5. The average Bonchev–Trinajstić information content (AvgIpc) is 2.50. The minimum Gasteiger partial charge on any atom is -0.356 e. The third kappa shape index (κ3) is 13.5. The van der Waals surface area contributed by atoms with Gasteiger partial charge in [0.15, 0.2) is 5.96 Å². The zero-order valence-corrected chi connectivity index (χ0v) is 14.1. The van der Waals surface area contributed by atoms with Gasteiger partial charge in [-0.25, -0.2) is 0 Å². The van der Waals surface area contributed by atoms with Crippen LogP contribution in [0.1, 0.15) is 65.2 Å². The molecular formula is C16H34N4O. The van der Waals surface area contributed by atoms with E-state index in [0.29, 0.717) is 5.96 Å². The fourth-order valence-electron chi connectivity index (χ4n) is 2.00. The topological polar surface area (TPSA) is 65.5 Å². The minimum atomic E-state index is 0.00993. The summed E-state index contributed by atoms with van der Waals surface area (Å²) in [7, 11) is 1.73. The van der Waals surface area contributed by atoms with Crippen LogP contribution in [-0.2, 0) is 4.79 Å². The Morgan fingerprint density at radius 3 is 2.10 bits per heavy atom. The lowest BCUT2D eigenvalue weighted by Gasteiger charge is -2.11. The van der Waals surface area contributed by atoms with Crippen LogP contribution in [0.5, 0.6) is 0 Å². The van der Waals surface area contributed by atoms with Crippen molar-refractivity contribution in [2.24, 2.45) is 4.99 Å². The van der Waals surface area contributed by atoms with Gasteiger partial charge in [-0.1, -0.05) is 52.4 Å². The van der Waals surface area contributed by atoms with Gasteiger partial charge in [0.2, 0.25) is 5.91 Å². The molecule has 1 amide bonds. The van der Waals surface area contributed by atoms with Crippen molar-refractivity contribution in [3.05, 3.63) is 0 Å². The van der Waals surface area contributed by atoms with Crippen molar-refractivity contribution in [2.45, 2.75) is 65.2 Å². The number of aliphatic imine (C=N–C) groups is 1. The summed E-state index contributed by atoms with van der Waals surface area (Å²) in [5.41, 5.74) is 0. The Balaban J connectivity index is 3.52. The van der Waals surface area contributed by atoms with Crippen LogP contribution >= 0.6 is 0 Å². The summed E-state index contributed by atoms with van der Waals surface area (Å²) in [6.07, 6.45) is 10.0. The largest absolute Gasteiger partial charge is 0.356 e. The monoisotopic (exact) mass is 298 g/mol. The molecule has 0 aromatic heterocycles. The molecule has 0 unspecified atom stereocenters. The van der Waals surface area contributed by atoms with Crippen LogP contribution in [0.3, 0.4) is 0 Å². The molecule has 0 fully saturated rings. The average molecular weight is 298 g/mol. The summed E-state index contributed by atoms with van der Waals surface area (Å²) in [5, 5.41) is 9.09. The Morgan fingerprint density at radius 1 is 0.810 bits per heavy atom. The fraction of sp³-hybridized carbons (Fsp3) is 0.875. The van der Waals surface area contributed by atoms with Crippen LogP contribution in [-0.4, -0.2) is 38.5 Å². The lowest BCUT2D eigenvalue weighted by molar-refractivity contribution is -0.120. The number of hydrogen-bond donors (Lipinski definition) is 3. The molecule has 0 aromatic rings. The van der Waals surface area contributed by atoms with Gasteiger partial charge in [-0.15, -0.1) is 0 Å². The normalized spacial score (nSPS) is 11.3. The van der Waals surface area contributed by atoms with Crippen molar-refractivity contribution >= 4 is 11.9 Å². The van der Waals surface area contributed by atoms with E-state index < -0.39 is 0 Å². The molecule has 0 radical (unpaired) electrons. The standard InChI is InChI=1S/C16H34N4O/c1-4-6-7-8-9-10-11-13-19-16(17-3)20-14-15(21)18-12-5-2/h4-14H2,1-3H3,(H,18,21)(H2,17,19,20). The van der Waals surface area contributed by atoms with Crippen molar-refractivity contribution in [3.8, 4) is 0 Å². The van der Waals surface area contributed by atoms with Gasteiger partial charge in [0.25, 0.3) is 0 Å². The maximum Gasteiger partial charge on any atom is 0.239 e. The number of carbonyl (C=O) groups is 1. The Morgan fingerprint density at radius 2 is 1.48 bits per heavy atom.